The lowest BCUT2D eigenvalue weighted by Gasteiger charge is -2.41. The highest BCUT2D eigenvalue weighted by molar-refractivity contribution is 7.47. The Bertz CT molecular complexity index is 1310. The summed E-state index contributed by atoms with van der Waals surface area (Å²) in [7, 11) is -5.12. The third-order valence-corrected chi connectivity index (χ3v) is 13.4. The highest BCUT2D eigenvalue weighted by atomic mass is 31.2. The van der Waals surface area contributed by atoms with Crippen LogP contribution >= 0.6 is 7.82 Å². The number of phosphoric ester groups is 1. The first-order chi connectivity index (χ1) is 32.4. The lowest BCUT2D eigenvalue weighted by molar-refractivity contribution is -0.220. The summed E-state index contributed by atoms with van der Waals surface area (Å²) in [6.45, 7) is 3.30. The Morgan fingerprint density at radius 3 is 1.25 bits per heavy atom. The van der Waals surface area contributed by atoms with Gasteiger partial charge in [-0.1, -0.05) is 185 Å². The van der Waals surface area contributed by atoms with Gasteiger partial charge in [0.25, 0.3) is 0 Å². The number of phosphoric acid groups is 1. The minimum Gasteiger partial charge on any atom is -0.462 e. The fourth-order valence-corrected chi connectivity index (χ4v) is 9.11. The van der Waals surface area contributed by atoms with Gasteiger partial charge in [0.1, 0.15) is 43.2 Å². The molecule has 0 saturated heterocycles. The monoisotopic (exact) mass is 973 g/mol. The van der Waals surface area contributed by atoms with Crippen LogP contribution < -0.4 is 0 Å². The van der Waals surface area contributed by atoms with E-state index < -0.39 is 75.7 Å². The summed E-state index contributed by atoms with van der Waals surface area (Å²) < 4.78 is 33.7. The van der Waals surface area contributed by atoms with Crippen molar-refractivity contribution in [1.29, 1.82) is 0 Å². The molecule has 6 N–H and O–H groups in total. The number of carbonyl (C=O) groups excluding carboxylic acids is 2. The number of esters is 2. The molecule has 0 aromatic carbocycles. The summed E-state index contributed by atoms with van der Waals surface area (Å²) in [4.78, 5) is 35.9. The minimum atomic E-state index is -5.12. The number of carbonyl (C=O) groups is 2. The molecule has 0 aliphatic heterocycles. The molecule has 0 bridgehead atoms. The zero-order valence-electron chi connectivity index (χ0n) is 41.9. The van der Waals surface area contributed by atoms with Crippen LogP contribution in [0.1, 0.15) is 232 Å². The third kappa shape index (κ3) is 34.9. The molecule has 1 fully saturated rings. The number of aliphatic hydroxyl groups excluding tert-OH is 5. The minimum absolute atomic E-state index is 0.0919. The molecular formula is C53H97O13P. The number of unbranched alkanes of at least 4 members (excludes halogenated alkanes) is 27. The Kier molecular flexibility index (Phi) is 40.4. The Hall–Kier alpha value is -1.93. The molecule has 0 spiro atoms. The van der Waals surface area contributed by atoms with Crippen molar-refractivity contribution >= 4 is 19.8 Å². The summed E-state index contributed by atoms with van der Waals surface area (Å²) in [6, 6.07) is 0. The van der Waals surface area contributed by atoms with E-state index >= 15 is 0 Å². The molecular weight excluding hydrogens is 876 g/mol. The van der Waals surface area contributed by atoms with Crippen molar-refractivity contribution in [2.75, 3.05) is 13.2 Å². The number of hydrogen-bond acceptors (Lipinski definition) is 12. The van der Waals surface area contributed by atoms with Gasteiger partial charge >= 0.3 is 19.8 Å². The molecule has 67 heavy (non-hydrogen) atoms. The van der Waals surface area contributed by atoms with Gasteiger partial charge in [-0.15, -0.1) is 0 Å². The van der Waals surface area contributed by atoms with Crippen LogP contribution in [0.4, 0.5) is 0 Å². The van der Waals surface area contributed by atoms with E-state index in [1.165, 1.54) is 122 Å². The number of rotatable bonds is 45. The Balaban J connectivity index is 2.38. The third-order valence-electron chi connectivity index (χ3n) is 12.5. The first-order valence-corrected chi connectivity index (χ1v) is 28.3. The van der Waals surface area contributed by atoms with Crippen LogP contribution in [0, 0.1) is 0 Å². The predicted octanol–water partition coefficient (Wildman–Crippen LogP) is 11.7. The van der Waals surface area contributed by atoms with Gasteiger partial charge in [0, 0.05) is 12.8 Å². The van der Waals surface area contributed by atoms with Crippen molar-refractivity contribution in [3.8, 4) is 0 Å². The molecule has 1 aliphatic rings. The van der Waals surface area contributed by atoms with Crippen molar-refractivity contribution in [1.82, 2.24) is 0 Å². The van der Waals surface area contributed by atoms with Crippen molar-refractivity contribution in [3.63, 3.8) is 0 Å². The van der Waals surface area contributed by atoms with Crippen molar-refractivity contribution in [3.05, 3.63) is 36.5 Å². The topological polar surface area (TPSA) is 210 Å². The summed E-state index contributed by atoms with van der Waals surface area (Å²) in [5, 5.41) is 50.3. The maximum absolute atomic E-state index is 12.9. The van der Waals surface area contributed by atoms with E-state index in [2.05, 4.69) is 50.3 Å². The van der Waals surface area contributed by atoms with Crippen LogP contribution in [0.3, 0.4) is 0 Å². The lowest BCUT2D eigenvalue weighted by Crippen LogP contribution is -2.64. The number of ether oxygens (including phenoxy) is 2. The van der Waals surface area contributed by atoms with Crippen LogP contribution in [-0.2, 0) is 32.7 Å². The maximum atomic E-state index is 12.9. The molecule has 0 amide bonds. The van der Waals surface area contributed by atoms with Gasteiger partial charge in [-0.25, -0.2) is 4.57 Å². The second-order valence-corrected chi connectivity index (χ2v) is 20.1. The highest BCUT2D eigenvalue weighted by Gasteiger charge is 2.51. The molecule has 1 rings (SSSR count). The molecule has 0 aromatic rings. The zero-order valence-corrected chi connectivity index (χ0v) is 42.8. The van der Waals surface area contributed by atoms with E-state index in [-0.39, 0.29) is 12.8 Å². The summed E-state index contributed by atoms with van der Waals surface area (Å²) in [5.74, 6) is -1.10. The summed E-state index contributed by atoms with van der Waals surface area (Å²) in [5.41, 5.74) is 0. The van der Waals surface area contributed by atoms with Gasteiger partial charge in [-0.05, 0) is 70.6 Å². The van der Waals surface area contributed by atoms with E-state index in [9.17, 15) is 44.6 Å². The van der Waals surface area contributed by atoms with Gasteiger partial charge in [0.05, 0.1) is 6.61 Å². The van der Waals surface area contributed by atoms with Crippen LogP contribution in [0.25, 0.3) is 0 Å². The highest BCUT2D eigenvalue weighted by Crippen LogP contribution is 2.47. The van der Waals surface area contributed by atoms with Crippen LogP contribution in [0.2, 0.25) is 0 Å². The predicted molar refractivity (Wildman–Crippen MR) is 267 cm³/mol. The molecule has 0 radical (unpaired) electrons. The van der Waals surface area contributed by atoms with Crippen molar-refractivity contribution in [2.24, 2.45) is 0 Å². The first-order valence-electron chi connectivity index (χ1n) is 26.8. The van der Waals surface area contributed by atoms with E-state index in [0.717, 1.165) is 70.6 Å². The smallest absolute Gasteiger partial charge is 0.462 e. The Labute approximate surface area is 406 Å². The number of allylic oxidation sites excluding steroid dienone is 6. The first kappa shape index (κ1) is 63.1. The maximum Gasteiger partial charge on any atom is 0.472 e. The van der Waals surface area contributed by atoms with Crippen molar-refractivity contribution < 1.29 is 63.1 Å². The fraction of sp³-hybridized carbons (Fsp3) is 0.849. The molecule has 0 heterocycles. The van der Waals surface area contributed by atoms with E-state index in [1.807, 2.05) is 0 Å². The van der Waals surface area contributed by atoms with Gasteiger partial charge < -0.3 is 39.9 Å². The van der Waals surface area contributed by atoms with Crippen LogP contribution in [0.5, 0.6) is 0 Å². The molecule has 8 atom stereocenters. The SMILES string of the molecule is CCCCC/C=C\C/C=C\CCCCCCCCCCCC(=O)OC[C@H](COP(=O)(O)OC1C(O)C(O)C(O)[C@@H](O)C1O)OC(=O)CCCCCCCCC/C=C\CCCCCCCCCC. The van der Waals surface area contributed by atoms with Gasteiger partial charge in [-0.2, -0.15) is 0 Å². The average Bonchev–Trinajstić information content (AvgIpc) is 3.31. The Morgan fingerprint density at radius 2 is 0.806 bits per heavy atom. The average molecular weight is 973 g/mol. The zero-order chi connectivity index (χ0) is 49.2. The summed E-state index contributed by atoms with van der Waals surface area (Å²) in [6.07, 6.45) is 37.5. The van der Waals surface area contributed by atoms with Gasteiger partial charge in [-0.3, -0.25) is 18.6 Å². The quantitative estimate of drug-likeness (QED) is 0.0145. The number of aliphatic hydroxyl groups is 5. The fourth-order valence-electron chi connectivity index (χ4n) is 8.14. The van der Waals surface area contributed by atoms with E-state index in [4.69, 9.17) is 18.5 Å². The van der Waals surface area contributed by atoms with Crippen molar-refractivity contribution in [2.45, 2.75) is 275 Å². The normalized spacial score (nSPS) is 21.4. The molecule has 0 aromatic heterocycles. The largest absolute Gasteiger partial charge is 0.472 e. The standard InChI is InChI=1S/C53H97O13P/c1-3-5-7-9-11-13-15-17-19-21-23-25-27-29-31-33-35-37-39-41-46(54)63-43-45(44-64-67(61,62)66-53-51(59)49(57)48(56)50(58)52(53)60)65-47(55)42-40-38-36-34-32-30-28-26-24-22-20-18-16-14-12-10-8-6-4-2/h11,13,17,19,22,24,45,48-53,56-60H,3-10,12,14-16,18,20-21,23,25-44H2,1-2H3,(H,61,62)/b13-11-,19-17-,24-22-/t45-,48?,49-,50?,51?,52?,53?/m1/s1. The Morgan fingerprint density at radius 1 is 0.463 bits per heavy atom. The molecule has 6 unspecified atom stereocenters. The lowest BCUT2D eigenvalue weighted by atomic mass is 9.85. The summed E-state index contributed by atoms with van der Waals surface area (Å²) >= 11 is 0. The molecule has 14 heteroatoms. The number of hydrogen-bond donors (Lipinski definition) is 6. The second-order valence-electron chi connectivity index (χ2n) is 18.7. The van der Waals surface area contributed by atoms with Crippen LogP contribution in [-0.4, -0.2) is 98.3 Å². The van der Waals surface area contributed by atoms with Crippen LogP contribution in [0.15, 0.2) is 36.5 Å². The second kappa shape index (κ2) is 42.9. The molecule has 1 saturated carbocycles. The van der Waals surface area contributed by atoms with E-state index in [0.29, 0.717) is 12.8 Å². The van der Waals surface area contributed by atoms with Gasteiger partial charge in [0.15, 0.2) is 6.10 Å². The molecule has 13 nitrogen and oxygen atoms in total. The molecule has 392 valence electrons. The van der Waals surface area contributed by atoms with Gasteiger partial charge in [0.2, 0.25) is 0 Å². The molecule has 1 aliphatic carbocycles. The van der Waals surface area contributed by atoms with E-state index in [1.54, 1.807) is 0 Å².